The van der Waals surface area contributed by atoms with E-state index in [-0.39, 0.29) is 18.6 Å². The maximum Gasteiger partial charge on any atom is 0.251 e. The fraction of sp³-hybridized carbons (Fsp3) is 0.458. The summed E-state index contributed by atoms with van der Waals surface area (Å²) in [6.07, 6.45) is 2.10. The van der Waals surface area contributed by atoms with Gasteiger partial charge in [-0.2, -0.15) is 0 Å². The van der Waals surface area contributed by atoms with Gasteiger partial charge in [-0.15, -0.1) is 0 Å². The Morgan fingerprint density at radius 3 is 2.80 bits per heavy atom. The molecule has 1 amide bonds. The van der Waals surface area contributed by atoms with E-state index in [4.69, 9.17) is 9.47 Å². The van der Waals surface area contributed by atoms with Crippen LogP contribution in [0.2, 0.25) is 0 Å². The lowest BCUT2D eigenvalue weighted by Crippen LogP contribution is -2.39. The average molecular weight is 411 g/mol. The Labute approximate surface area is 177 Å². The third-order valence-electron chi connectivity index (χ3n) is 5.77. The number of nitrogens with one attached hydrogen (secondary N) is 1. The van der Waals surface area contributed by atoms with Gasteiger partial charge in [-0.1, -0.05) is 30.3 Å². The molecule has 2 heterocycles. The normalized spacial score (nSPS) is 18.4. The zero-order chi connectivity index (χ0) is 20.8. The molecule has 2 aromatic rings. The summed E-state index contributed by atoms with van der Waals surface area (Å²) in [7, 11) is 0. The van der Waals surface area contributed by atoms with Crippen LogP contribution in [0.25, 0.3) is 0 Å². The monoisotopic (exact) mass is 410 g/mol. The summed E-state index contributed by atoms with van der Waals surface area (Å²) in [5.74, 6) is 0.498. The van der Waals surface area contributed by atoms with Crippen molar-refractivity contribution in [3.8, 4) is 5.75 Å². The number of hydrogen-bond acceptors (Lipinski definition) is 5. The Kier molecular flexibility index (Phi) is 7.00. The predicted molar refractivity (Wildman–Crippen MR) is 115 cm³/mol. The van der Waals surface area contributed by atoms with Crippen molar-refractivity contribution in [2.45, 2.75) is 38.0 Å². The van der Waals surface area contributed by atoms with Crippen molar-refractivity contribution in [2.75, 3.05) is 32.9 Å². The van der Waals surface area contributed by atoms with Gasteiger partial charge in [0.15, 0.2) is 0 Å². The van der Waals surface area contributed by atoms with Gasteiger partial charge in [0.05, 0.1) is 0 Å². The number of β-amino-alcohol motifs (C(OH)–C–C–N with tert-alkyl or cyclic N) is 1. The molecule has 0 radical (unpaired) electrons. The highest BCUT2D eigenvalue weighted by Crippen LogP contribution is 2.19. The van der Waals surface area contributed by atoms with E-state index in [9.17, 15) is 9.90 Å². The maximum atomic E-state index is 12.5. The second kappa shape index (κ2) is 10.1. The van der Waals surface area contributed by atoms with Gasteiger partial charge in [-0.25, -0.2) is 0 Å². The van der Waals surface area contributed by atoms with Gasteiger partial charge in [0.2, 0.25) is 0 Å². The van der Waals surface area contributed by atoms with Crippen LogP contribution in [0.1, 0.15) is 34.3 Å². The Hall–Kier alpha value is -2.41. The standard InChI is InChI=1S/C24H30N2O4/c27-22(16-26-11-8-18-4-1-2-5-20(18)15-26)17-30-23-7-3-6-19(14-23)24(28)25-21-9-12-29-13-10-21/h1-7,14,21-22,27H,8-13,15-17H2,(H,25,28). The Morgan fingerprint density at radius 1 is 1.17 bits per heavy atom. The van der Waals surface area contributed by atoms with Crippen LogP contribution in [-0.2, 0) is 17.7 Å². The van der Waals surface area contributed by atoms with Gasteiger partial charge >= 0.3 is 0 Å². The van der Waals surface area contributed by atoms with Gasteiger partial charge in [-0.3, -0.25) is 9.69 Å². The molecule has 2 aliphatic rings. The highest BCUT2D eigenvalue weighted by atomic mass is 16.5. The summed E-state index contributed by atoms with van der Waals surface area (Å²) in [5.41, 5.74) is 3.30. The fourth-order valence-corrected chi connectivity index (χ4v) is 4.09. The summed E-state index contributed by atoms with van der Waals surface area (Å²) in [6, 6.07) is 15.8. The molecule has 2 N–H and O–H groups in total. The van der Waals surface area contributed by atoms with E-state index in [2.05, 4.69) is 34.5 Å². The third-order valence-corrected chi connectivity index (χ3v) is 5.77. The summed E-state index contributed by atoms with van der Waals surface area (Å²) in [5, 5.41) is 13.5. The Morgan fingerprint density at radius 2 is 1.97 bits per heavy atom. The largest absolute Gasteiger partial charge is 0.491 e. The van der Waals surface area contributed by atoms with Gasteiger partial charge in [0, 0.05) is 44.5 Å². The number of hydrogen-bond donors (Lipinski definition) is 2. The number of aliphatic hydroxyl groups excluding tert-OH is 1. The zero-order valence-electron chi connectivity index (χ0n) is 17.3. The third kappa shape index (κ3) is 5.59. The summed E-state index contributed by atoms with van der Waals surface area (Å²) in [4.78, 5) is 14.8. The minimum atomic E-state index is -0.588. The Balaban J connectivity index is 1.25. The molecule has 0 bridgehead atoms. The van der Waals surface area contributed by atoms with Crippen molar-refractivity contribution in [1.82, 2.24) is 10.2 Å². The molecule has 0 saturated carbocycles. The first-order valence-electron chi connectivity index (χ1n) is 10.8. The molecule has 2 aromatic carbocycles. The topological polar surface area (TPSA) is 71.0 Å². The number of aliphatic hydroxyl groups is 1. The minimum absolute atomic E-state index is 0.0973. The van der Waals surface area contributed by atoms with Crippen LogP contribution in [0, 0.1) is 0 Å². The fourth-order valence-electron chi connectivity index (χ4n) is 4.09. The number of carbonyl (C=O) groups is 1. The quantitative estimate of drug-likeness (QED) is 0.734. The lowest BCUT2D eigenvalue weighted by Gasteiger charge is -2.30. The first kappa shape index (κ1) is 20.8. The molecule has 0 aliphatic carbocycles. The van der Waals surface area contributed by atoms with Crippen molar-refractivity contribution < 1.29 is 19.4 Å². The number of carbonyl (C=O) groups excluding carboxylic acids is 1. The van der Waals surface area contributed by atoms with Crippen LogP contribution in [-0.4, -0.2) is 61.0 Å². The molecule has 2 aliphatic heterocycles. The summed E-state index contributed by atoms with van der Waals surface area (Å²) in [6.45, 7) is 3.94. The molecular weight excluding hydrogens is 380 g/mol. The molecule has 30 heavy (non-hydrogen) atoms. The van der Waals surface area contributed by atoms with Crippen molar-refractivity contribution in [2.24, 2.45) is 0 Å². The van der Waals surface area contributed by atoms with Crippen LogP contribution in [0.4, 0.5) is 0 Å². The maximum absolute atomic E-state index is 12.5. The first-order valence-corrected chi connectivity index (χ1v) is 10.8. The lowest BCUT2D eigenvalue weighted by molar-refractivity contribution is 0.0637. The molecule has 0 aromatic heterocycles. The van der Waals surface area contributed by atoms with Gasteiger partial charge in [0.1, 0.15) is 18.5 Å². The van der Waals surface area contributed by atoms with E-state index < -0.39 is 6.10 Å². The lowest BCUT2D eigenvalue weighted by atomic mass is 10.00. The van der Waals surface area contributed by atoms with E-state index in [1.165, 1.54) is 11.1 Å². The zero-order valence-corrected chi connectivity index (χ0v) is 17.3. The van der Waals surface area contributed by atoms with Crippen molar-refractivity contribution >= 4 is 5.91 Å². The van der Waals surface area contributed by atoms with Crippen molar-refractivity contribution in [1.29, 1.82) is 0 Å². The number of amides is 1. The molecule has 6 heteroatoms. The smallest absolute Gasteiger partial charge is 0.251 e. The van der Waals surface area contributed by atoms with E-state index in [1.54, 1.807) is 12.1 Å². The molecular formula is C24H30N2O4. The van der Waals surface area contributed by atoms with E-state index in [0.29, 0.717) is 31.1 Å². The van der Waals surface area contributed by atoms with E-state index >= 15 is 0 Å². The highest BCUT2D eigenvalue weighted by Gasteiger charge is 2.20. The number of benzene rings is 2. The minimum Gasteiger partial charge on any atom is -0.491 e. The SMILES string of the molecule is O=C(NC1CCOCC1)c1cccc(OCC(O)CN2CCc3ccccc3C2)c1. The number of rotatable bonds is 7. The molecule has 6 nitrogen and oxygen atoms in total. The molecule has 1 atom stereocenters. The molecule has 0 spiro atoms. The number of fused-ring (bicyclic) bond motifs is 1. The molecule has 1 fully saturated rings. The van der Waals surface area contributed by atoms with Crippen molar-refractivity contribution in [3.05, 3.63) is 65.2 Å². The predicted octanol–water partition coefficient (Wildman–Crippen LogP) is 2.39. The first-order chi connectivity index (χ1) is 14.7. The molecule has 4 rings (SSSR count). The van der Waals surface area contributed by atoms with Crippen LogP contribution in [0.5, 0.6) is 5.75 Å². The van der Waals surface area contributed by atoms with Gasteiger partial charge < -0.3 is 19.9 Å². The van der Waals surface area contributed by atoms with E-state index in [1.807, 2.05) is 12.1 Å². The average Bonchev–Trinajstić information content (AvgIpc) is 2.78. The number of nitrogens with zero attached hydrogens (tertiary/aromatic N) is 1. The summed E-state index contributed by atoms with van der Waals surface area (Å²) >= 11 is 0. The second-order valence-corrected chi connectivity index (χ2v) is 8.11. The van der Waals surface area contributed by atoms with E-state index in [0.717, 1.165) is 32.4 Å². The van der Waals surface area contributed by atoms with Crippen LogP contribution in [0.3, 0.4) is 0 Å². The molecule has 1 unspecified atom stereocenters. The number of ether oxygens (including phenoxy) is 2. The second-order valence-electron chi connectivity index (χ2n) is 8.11. The van der Waals surface area contributed by atoms with Crippen LogP contribution < -0.4 is 10.1 Å². The molecule has 1 saturated heterocycles. The summed E-state index contributed by atoms with van der Waals surface area (Å²) < 4.78 is 11.1. The van der Waals surface area contributed by atoms with Crippen molar-refractivity contribution in [3.63, 3.8) is 0 Å². The van der Waals surface area contributed by atoms with Crippen LogP contribution >= 0.6 is 0 Å². The molecule has 160 valence electrons. The Bertz CT molecular complexity index is 851. The van der Waals surface area contributed by atoms with Gasteiger partial charge in [-0.05, 0) is 48.6 Å². The van der Waals surface area contributed by atoms with Gasteiger partial charge in [0.25, 0.3) is 5.91 Å². The van der Waals surface area contributed by atoms with Crippen LogP contribution in [0.15, 0.2) is 48.5 Å². The highest BCUT2D eigenvalue weighted by molar-refractivity contribution is 5.94.